The van der Waals surface area contributed by atoms with Gasteiger partial charge in [-0.15, -0.1) is 0 Å². The van der Waals surface area contributed by atoms with Crippen LogP contribution in [0.15, 0.2) is 10.7 Å². The van der Waals surface area contributed by atoms with E-state index < -0.39 is 5.41 Å². The maximum absolute atomic E-state index is 12.6. The second-order valence-corrected chi connectivity index (χ2v) is 7.99. The lowest BCUT2D eigenvalue weighted by Crippen LogP contribution is -2.44. The molecule has 0 spiro atoms. The van der Waals surface area contributed by atoms with E-state index in [1.165, 1.54) is 0 Å². The van der Waals surface area contributed by atoms with Gasteiger partial charge in [0.05, 0.1) is 18.2 Å². The molecule has 7 heteroatoms. The molecule has 0 aromatic carbocycles. The molecule has 1 aromatic rings. The van der Waals surface area contributed by atoms with Crippen LogP contribution >= 0.6 is 0 Å². The molecular formula is C18H25N3O4. The van der Waals surface area contributed by atoms with Crippen LogP contribution in [0.1, 0.15) is 48.2 Å². The van der Waals surface area contributed by atoms with Crippen LogP contribution < -0.4 is 5.32 Å². The third-order valence-corrected chi connectivity index (χ3v) is 6.25. The number of carbonyl (C=O) groups excluding carboxylic acids is 2. The summed E-state index contributed by atoms with van der Waals surface area (Å²) in [6.45, 7) is 3.23. The molecule has 3 unspecified atom stereocenters. The molecule has 2 amide bonds. The first-order valence-electron chi connectivity index (χ1n) is 9.15. The summed E-state index contributed by atoms with van der Waals surface area (Å²) >= 11 is 0. The van der Waals surface area contributed by atoms with E-state index in [1.54, 1.807) is 6.20 Å². The van der Waals surface area contributed by atoms with Gasteiger partial charge in [-0.25, -0.2) is 0 Å². The fraction of sp³-hybridized carbons (Fsp3) is 0.722. The van der Waals surface area contributed by atoms with E-state index in [0.29, 0.717) is 24.1 Å². The molecule has 1 saturated heterocycles. The molecule has 25 heavy (non-hydrogen) atoms. The quantitative estimate of drug-likeness (QED) is 0.851. The molecule has 3 atom stereocenters. The minimum absolute atomic E-state index is 0.00154. The van der Waals surface area contributed by atoms with Gasteiger partial charge in [0.15, 0.2) is 0 Å². The number of hydrogen-bond acceptors (Lipinski definition) is 5. The smallest absolute Gasteiger partial charge is 0.292 e. The van der Waals surface area contributed by atoms with Crippen molar-refractivity contribution in [1.29, 1.82) is 0 Å². The van der Waals surface area contributed by atoms with E-state index >= 15 is 0 Å². The number of hydrogen-bond donors (Lipinski definition) is 2. The number of rotatable bonds is 4. The average Bonchev–Trinajstić information content (AvgIpc) is 3.12. The van der Waals surface area contributed by atoms with E-state index in [9.17, 15) is 14.7 Å². The first kappa shape index (κ1) is 16.6. The highest BCUT2D eigenvalue weighted by atomic mass is 16.5. The third kappa shape index (κ3) is 2.94. The van der Waals surface area contributed by atoms with Crippen molar-refractivity contribution < 1.29 is 19.2 Å². The zero-order chi connectivity index (χ0) is 17.6. The highest BCUT2D eigenvalue weighted by Crippen LogP contribution is 2.46. The van der Waals surface area contributed by atoms with Crippen LogP contribution in [-0.2, 0) is 4.79 Å². The number of aliphatic hydroxyl groups is 1. The second-order valence-electron chi connectivity index (χ2n) is 7.99. The average molecular weight is 347 g/mol. The molecule has 2 aliphatic carbocycles. The van der Waals surface area contributed by atoms with Gasteiger partial charge in [0, 0.05) is 24.7 Å². The monoisotopic (exact) mass is 347 g/mol. The Morgan fingerprint density at radius 2 is 2.12 bits per heavy atom. The van der Waals surface area contributed by atoms with Gasteiger partial charge >= 0.3 is 0 Å². The molecule has 0 radical (unpaired) electrons. The number of aromatic nitrogens is 1. The summed E-state index contributed by atoms with van der Waals surface area (Å²) in [5.74, 6) is 1.16. The number of nitrogens with zero attached hydrogens (tertiary/aromatic N) is 2. The standard InChI is InChI=1S/C18H25N3O4/c1-11-7-19-25-15(11)16(23)21-8-12-2-3-14(6-13(12)9-21)20-17(24)18(10-22)4-5-18/h7,12-14,22H,2-6,8-10H2,1H3,(H,20,24). The maximum Gasteiger partial charge on any atom is 0.292 e. The molecule has 3 fully saturated rings. The Balaban J connectivity index is 1.35. The number of nitrogens with one attached hydrogen (secondary N) is 1. The van der Waals surface area contributed by atoms with Crippen molar-refractivity contribution in [2.75, 3.05) is 19.7 Å². The second kappa shape index (κ2) is 6.12. The Morgan fingerprint density at radius 1 is 1.36 bits per heavy atom. The van der Waals surface area contributed by atoms with Crippen molar-refractivity contribution in [2.24, 2.45) is 17.3 Å². The Bertz CT molecular complexity index is 682. The normalized spacial score (nSPS) is 30.0. The van der Waals surface area contributed by atoms with Gasteiger partial charge in [-0.05, 0) is 50.9 Å². The van der Waals surface area contributed by atoms with Crippen LogP contribution in [0, 0.1) is 24.2 Å². The number of aryl methyl sites for hydroxylation is 1. The zero-order valence-corrected chi connectivity index (χ0v) is 14.5. The van der Waals surface area contributed by atoms with Crippen LogP contribution in [0.25, 0.3) is 0 Å². The number of fused-ring (bicyclic) bond motifs is 1. The summed E-state index contributed by atoms with van der Waals surface area (Å²) in [4.78, 5) is 26.8. The lowest BCUT2D eigenvalue weighted by Gasteiger charge is -2.32. The van der Waals surface area contributed by atoms with Crippen LogP contribution in [0.5, 0.6) is 0 Å². The molecule has 1 aromatic heterocycles. The molecule has 0 bridgehead atoms. The molecule has 4 rings (SSSR count). The minimum Gasteiger partial charge on any atom is -0.395 e. The number of aliphatic hydroxyl groups excluding tert-OH is 1. The van der Waals surface area contributed by atoms with Gasteiger partial charge < -0.3 is 19.8 Å². The van der Waals surface area contributed by atoms with Crippen LogP contribution in [0.2, 0.25) is 0 Å². The Hall–Kier alpha value is -1.89. The number of likely N-dealkylation sites (tertiary alicyclic amines) is 1. The van der Waals surface area contributed by atoms with Crippen LogP contribution in [0.4, 0.5) is 0 Å². The van der Waals surface area contributed by atoms with E-state index in [-0.39, 0.29) is 24.5 Å². The van der Waals surface area contributed by atoms with Crippen molar-refractivity contribution in [3.63, 3.8) is 0 Å². The molecule has 3 aliphatic rings. The highest BCUT2D eigenvalue weighted by Gasteiger charge is 2.50. The largest absolute Gasteiger partial charge is 0.395 e. The maximum atomic E-state index is 12.6. The molecular weight excluding hydrogens is 322 g/mol. The summed E-state index contributed by atoms with van der Waals surface area (Å²) < 4.78 is 5.10. The molecule has 2 saturated carbocycles. The lowest BCUT2D eigenvalue weighted by atomic mass is 9.79. The van der Waals surface area contributed by atoms with Gasteiger partial charge in [0.2, 0.25) is 11.7 Å². The topological polar surface area (TPSA) is 95.7 Å². The summed E-state index contributed by atoms with van der Waals surface area (Å²) in [7, 11) is 0. The highest BCUT2D eigenvalue weighted by molar-refractivity contribution is 5.92. The Labute approximate surface area is 146 Å². The van der Waals surface area contributed by atoms with Crippen molar-refractivity contribution in [2.45, 2.75) is 45.1 Å². The molecule has 2 N–H and O–H groups in total. The predicted octanol–water partition coefficient (Wildman–Crippen LogP) is 1.11. The Kier molecular flexibility index (Phi) is 4.06. The van der Waals surface area contributed by atoms with E-state index in [1.807, 2.05) is 11.8 Å². The summed E-state index contributed by atoms with van der Waals surface area (Å²) in [6, 6.07) is 0.153. The van der Waals surface area contributed by atoms with Crippen molar-refractivity contribution in [3.8, 4) is 0 Å². The third-order valence-electron chi connectivity index (χ3n) is 6.25. The van der Waals surface area contributed by atoms with Crippen molar-refractivity contribution in [1.82, 2.24) is 15.4 Å². The fourth-order valence-electron chi connectivity index (χ4n) is 4.31. The van der Waals surface area contributed by atoms with E-state index in [0.717, 1.165) is 44.2 Å². The van der Waals surface area contributed by atoms with Crippen molar-refractivity contribution >= 4 is 11.8 Å². The number of carbonyl (C=O) groups is 2. The molecule has 2 heterocycles. The SMILES string of the molecule is Cc1cnoc1C(=O)N1CC2CCC(NC(=O)C3(CO)CC3)CC2C1. The zero-order valence-electron chi connectivity index (χ0n) is 14.5. The minimum atomic E-state index is -0.516. The Morgan fingerprint density at radius 3 is 2.76 bits per heavy atom. The van der Waals surface area contributed by atoms with Crippen LogP contribution in [-0.4, -0.2) is 52.7 Å². The molecule has 7 nitrogen and oxygen atoms in total. The predicted molar refractivity (Wildman–Crippen MR) is 88.7 cm³/mol. The summed E-state index contributed by atoms with van der Waals surface area (Å²) in [6.07, 6.45) is 5.99. The lowest BCUT2D eigenvalue weighted by molar-refractivity contribution is -0.128. The van der Waals surface area contributed by atoms with E-state index in [2.05, 4.69) is 10.5 Å². The number of amides is 2. The van der Waals surface area contributed by atoms with Gasteiger partial charge in [-0.1, -0.05) is 5.16 Å². The van der Waals surface area contributed by atoms with E-state index in [4.69, 9.17) is 4.52 Å². The van der Waals surface area contributed by atoms with Gasteiger partial charge in [-0.3, -0.25) is 9.59 Å². The summed E-state index contributed by atoms with van der Waals surface area (Å²) in [5, 5.41) is 16.2. The summed E-state index contributed by atoms with van der Waals surface area (Å²) in [5.41, 5.74) is 0.252. The van der Waals surface area contributed by atoms with Gasteiger partial charge in [0.25, 0.3) is 5.91 Å². The molecule has 136 valence electrons. The van der Waals surface area contributed by atoms with Gasteiger partial charge in [0.1, 0.15) is 0 Å². The first-order chi connectivity index (χ1) is 12.0. The van der Waals surface area contributed by atoms with Crippen molar-refractivity contribution in [3.05, 3.63) is 17.5 Å². The van der Waals surface area contributed by atoms with Crippen LogP contribution in [0.3, 0.4) is 0 Å². The molecule has 1 aliphatic heterocycles. The first-order valence-corrected chi connectivity index (χ1v) is 9.15. The van der Waals surface area contributed by atoms with Gasteiger partial charge in [-0.2, -0.15) is 0 Å². The fourth-order valence-corrected chi connectivity index (χ4v) is 4.31.